The fourth-order valence-corrected chi connectivity index (χ4v) is 2.94. The van der Waals surface area contributed by atoms with Crippen molar-refractivity contribution in [2.24, 2.45) is 0 Å². The summed E-state index contributed by atoms with van der Waals surface area (Å²) < 4.78 is 0. The van der Waals surface area contributed by atoms with E-state index >= 15 is 0 Å². The molecule has 0 heterocycles. The van der Waals surface area contributed by atoms with Gasteiger partial charge in [0.05, 0.1) is 0 Å². The number of hydrogen-bond donors (Lipinski definition) is 0. The van der Waals surface area contributed by atoms with E-state index in [1.807, 2.05) is 0 Å². The summed E-state index contributed by atoms with van der Waals surface area (Å²) in [5.41, 5.74) is 6.16. The Morgan fingerprint density at radius 3 is 1.67 bits per heavy atom. The van der Waals surface area contributed by atoms with Gasteiger partial charge in [0.15, 0.2) is 0 Å². The van der Waals surface area contributed by atoms with E-state index in [1.54, 1.807) is 0 Å². The van der Waals surface area contributed by atoms with Gasteiger partial charge >= 0.3 is 0 Å². The van der Waals surface area contributed by atoms with Gasteiger partial charge in [0.1, 0.15) is 0 Å². The van der Waals surface area contributed by atoms with Crippen molar-refractivity contribution in [3.8, 4) is 0 Å². The molecule has 0 radical (unpaired) electrons. The molecule has 1 nitrogen and oxygen atoms in total. The van der Waals surface area contributed by atoms with E-state index in [0.717, 1.165) is 18.7 Å². The van der Waals surface area contributed by atoms with Crippen LogP contribution in [0.5, 0.6) is 0 Å². The van der Waals surface area contributed by atoms with Crippen molar-refractivity contribution < 1.29 is 0 Å². The van der Waals surface area contributed by atoms with Crippen LogP contribution in [0.25, 0.3) is 5.57 Å². The molecule has 0 aliphatic carbocycles. The van der Waals surface area contributed by atoms with Crippen LogP contribution in [0.3, 0.4) is 0 Å². The molecule has 0 unspecified atom stereocenters. The molecule has 0 bridgehead atoms. The second-order valence-electron chi connectivity index (χ2n) is 6.12. The molecule has 3 aromatic carbocycles. The number of nitrogens with zero attached hydrogens (tertiary/aromatic N) is 1. The van der Waals surface area contributed by atoms with Gasteiger partial charge in [0, 0.05) is 24.3 Å². The van der Waals surface area contributed by atoms with Crippen molar-refractivity contribution in [1.29, 1.82) is 0 Å². The maximum absolute atomic E-state index is 4.16. The third-order valence-electron chi connectivity index (χ3n) is 4.14. The zero-order valence-corrected chi connectivity index (χ0v) is 14.2. The average molecular weight is 313 g/mol. The Bertz CT molecular complexity index is 749. The number of hydrogen-bond acceptors (Lipinski definition) is 1. The maximum atomic E-state index is 4.16. The van der Waals surface area contributed by atoms with Gasteiger partial charge in [0.2, 0.25) is 0 Å². The molecule has 0 fully saturated rings. The van der Waals surface area contributed by atoms with Crippen LogP contribution >= 0.6 is 0 Å². The summed E-state index contributed by atoms with van der Waals surface area (Å²) in [5.74, 6) is 0. The number of para-hydroxylation sites is 1. The summed E-state index contributed by atoms with van der Waals surface area (Å²) in [6.45, 7) is 7.98. The molecule has 3 rings (SSSR count). The monoisotopic (exact) mass is 313 g/mol. The van der Waals surface area contributed by atoms with E-state index in [-0.39, 0.29) is 0 Å². The van der Waals surface area contributed by atoms with E-state index in [4.69, 9.17) is 0 Å². The van der Waals surface area contributed by atoms with Gasteiger partial charge in [-0.05, 0) is 29.7 Å². The van der Waals surface area contributed by atoms with Gasteiger partial charge < -0.3 is 4.90 Å². The van der Waals surface area contributed by atoms with E-state index < -0.39 is 0 Å². The van der Waals surface area contributed by atoms with Gasteiger partial charge in [0.25, 0.3) is 0 Å². The number of rotatable bonds is 6. The molecule has 0 aliphatic rings. The van der Waals surface area contributed by atoms with Gasteiger partial charge in [-0.1, -0.05) is 85.4 Å². The minimum atomic E-state index is 0.875. The molecule has 0 spiro atoms. The summed E-state index contributed by atoms with van der Waals surface area (Å²) in [6, 6.07) is 29.8. The van der Waals surface area contributed by atoms with Crippen LogP contribution in [0.15, 0.2) is 91.5 Å². The molecule has 1 heteroatoms. The number of allylic oxidation sites excluding steroid dienone is 1. The van der Waals surface area contributed by atoms with Crippen molar-refractivity contribution in [2.75, 3.05) is 4.90 Å². The fraction of sp³-hybridized carbons (Fsp3) is 0.130. The first kappa shape index (κ1) is 16.1. The molecular formula is C23H23N. The average Bonchev–Trinajstić information content (AvgIpc) is 2.63. The number of benzene rings is 3. The van der Waals surface area contributed by atoms with Crippen molar-refractivity contribution >= 4 is 11.3 Å². The molecule has 0 N–H and O–H groups in total. The predicted octanol–water partition coefficient (Wildman–Crippen LogP) is 5.93. The Hall–Kier alpha value is -2.80. The van der Waals surface area contributed by atoms with E-state index in [1.165, 1.54) is 22.4 Å². The van der Waals surface area contributed by atoms with Crippen LogP contribution < -0.4 is 4.90 Å². The highest BCUT2D eigenvalue weighted by molar-refractivity contribution is 5.74. The van der Waals surface area contributed by atoms with Crippen molar-refractivity contribution in [3.63, 3.8) is 0 Å². The molecule has 0 aromatic heterocycles. The maximum Gasteiger partial charge on any atom is 0.0448 e. The Labute approximate surface area is 144 Å². The number of anilines is 1. The van der Waals surface area contributed by atoms with Crippen LogP contribution in [0, 0.1) is 0 Å². The molecule has 120 valence electrons. The van der Waals surface area contributed by atoms with Crippen LogP contribution in [-0.2, 0) is 13.1 Å². The topological polar surface area (TPSA) is 3.24 Å². The Morgan fingerprint density at radius 1 is 0.708 bits per heavy atom. The van der Waals surface area contributed by atoms with Crippen molar-refractivity contribution in [1.82, 2.24) is 0 Å². The Kier molecular flexibility index (Phi) is 5.12. The minimum absolute atomic E-state index is 0.875. The third kappa shape index (κ3) is 3.94. The zero-order chi connectivity index (χ0) is 16.8. The summed E-state index contributed by atoms with van der Waals surface area (Å²) in [5, 5.41) is 0. The van der Waals surface area contributed by atoms with Crippen LogP contribution in [0.4, 0.5) is 5.69 Å². The molecule has 3 aromatic rings. The molecule has 0 saturated carbocycles. The largest absolute Gasteiger partial charge is 0.362 e. The molecule has 0 aliphatic heterocycles. The van der Waals surface area contributed by atoms with Gasteiger partial charge in [-0.15, -0.1) is 0 Å². The SMILES string of the molecule is C=C(C)c1ccccc1N(Cc1ccccc1)Cc1ccccc1. The quantitative estimate of drug-likeness (QED) is 0.545. The highest BCUT2D eigenvalue weighted by Gasteiger charge is 2.12. The minimum Gasteiger partial charge on any atom is -0.362 e. The molecule has 24 heavy (non-hydrogen) atoms. The highest BCUT2D eigenvalue weighted by Crippen LogP contribution is 2.28. The Morgan fingerprint density at radius 2 is 1.17 bits per heavy atom. The third-order valence-corrected chi connectivity index (χ3v) is 4.14. The second kappa shape index (κ2) is 7.65. The molecule has 0 saturated heterocycles. The van der Waals surface area contributed by atoms with Crippen molar-refractivity contribution in [2.45, 2.75) is 20.0 Å². The van der Waals surface area contributed by atoms with Crippen molar-refractivity contribution in [3.05, 3.63) is 108 Å². The lowest BCUT2D eigenvalue weighted by Crippen LogP contribution is -2.23. The van der Waals surface area contributed by atoms with Gasteiger partial charge in [-0.2, -0.15) is 0 Å². The summed E-state index contributed by atoms with van der Waals surface area (Å²) >= 11 is 0. The normalized spacial score (nSPS) is 10.4. The fourth-order valence-electron chi connectivity index (χ4n) is 2.94. The summed E-state index contributed by atoms with van der Waals surface area (Å²) in [7, 11) is 0. The van der Waals surface area contributed by atoms with Gasteiger partial charge in [-0.3, -0.25) is 0 Å². The Balaban J connectivity index is 1.97. The lowest BCUT2D eigenvalue weighted by molar-refractivity contribution is 0.798. The standard InChI is InChI=1S/C23H23N/c1-19(2)22-15-9-10-16-23(22)24(17-20-11-5-3-6-12-20)18-21-13-7-4-8-14-21/h3-16H,1,17-18H2,2H3. The van der Waals surface area contributed by atoms with Crippen LogP contribution in [0.1, 0.15) is 23.6 Å². The van der Waals surface area contributed by atoms with E-state index in [2.05, 4.69) is 103 Å². The van der Waals surface area contributed by atoms with E-state index in [0.29, 0.717) is 0 Å². The first-order valence-corrected chi connectivity index (χ1v) is 8.32. The summed E-state index contributed by atoms with van der Waals surface area (Å²) in [4.78, 5) is 2.43. The summed E-state index contributed by atoms with van der Waals surface area (Å²) in [6.07, 6.45) is 0. The predicted molar refractivity (Wildman–Crippen MR) is 104 cm³/mol. The van der Waals surface area contributed by atoms with E-state index in [9.17, 15) is 0 Å². The lowest BCUT2D eigenvalue weighted by Gasteiger charge is -2.28. The van der Waals surface area contributed by atoms with Crippen LogP contribution in [-0.4, -0.2) is 0 Å². The second-order valence-corrected chi connectivity index (χ2v) is 6.12. The molecule has 0 amide bonds. The molecular weight excluding hydrogens is 290 g/mol. The first-order valence-electron chi connectivity index (χ1n) is 8.32. The van der Waals surface area contributed by atoms with Crippen LogP contribution in [0.2, 0.25) is 0 Å². The lowest BCUT2D eigenvalue weighted by atomic mass is 10.0. The highest BCUT2D eigenvalue weighted by atomic mass is 15.1. The van der Waals surface area contributed by atoms with Gasteiger partial charge in [-0.25, -0.2) is 0 Å². The first-order chi connectivity index (χ1) is 11.7. The smallest absolute Gasteiger partial charge is 0.0448 e. The molecule has 0 atom stereocenters. The zero-order valence-electron chi connectivity index (χ0n) is 14.2.